The first kappa shape index (κ1) is 14.6. The van der Waals surface area contributed by atoms with E-state index in [1.54, 1.807) is 6.07 Å². The summed E-state index contributed by atoms with van der Waals surface area (Å²) in [5, 5.41) is 0. The normalized spacial score (nSPS) is 12.6. The Hall–Kier alpha value is -1.42. The lowest BCUT2D eigenvalue weighted by Crippen LogP contribution is -2.29. The van der Waals surface area contributed by atoms with E-state index in [-0.39, 0.29) is 17.7 Å². The molecule has 3 nitrogen and oxygen atoms in total. The minimum Gasteiger partial charge on any atom is -0.469 e. The topological polar surface area (TPSA) is 29.5 Å². The molecule has 18 heavy (non-hydrogen) atoms. The van der Waals surface area contributed by atoms with Crippen molar-refractivity contribution in [2.75, 3.05) is 20.7 Å². The molecule has 1 aromatic rings. The first-order valence-corrected chi connectivity index (χ1v) is 5.95. The van der Waals surface area contributed by atoms with Crippen LogP contribution < -0.4 is 0 Å². The minimum absolute atomic E-state index is 0.186. The fourth-order valence-electron chi connectivity index (χ4n) is 1.91. The minimum atomic E-state index is -0.231. The number of esters is 1. The van der Waals surface area contributed by atoms with Crippen molar-refractivity contribution in [3.05, 3.63) is 35.1 Å². The number of rotatable bonds is 5. The summed E-state index contributed by atoms with van der Waals surface area (Å²) in [6.45, 7) is 4.97. The number of methoxy groups -OCH3 is 1. The Morgan fingerprint density at radius 2 is 2.17 bits per heavy atom. The number of hydrogen-bond donors (Lipinski definition) is 0. The third kappa shape index (κ3) is 4.11. The summed E-state index contributed by atoms with van der Waals surface area (Å²) < 4.78 is 17.8. The molecular weight excluding hydrogens is 233 g/mol. The van der Waals surface area contributed by atoms with E-state index in [0.29, 0.717) is 13.1 Å². The number of carbonyl (C=O) groups excluding carboxylic acids is 1. The van der Waals surface area contributed by atoms with Gasteiger partial charge in [0.15, 0.2) is 0 Å². The highest BCUT2D eigenvalue weighted by Crippen LogP contribution is 2.13. The van der Waals surface area contributed by atoms with Gasteiger partial charge < -0.3 is 9.64 Å². The van der Waals surface area contributed by atoms with Crippen molar-refractivity contribution >= 4 is 5.97 Å². The smallest absolute Gasteiger partial charge is 0.309 e. The lowest BCUT2D eigenvalue weighted by Gasteiger charge is -2.20. The van der Waals surface area contributed by atoms with Crippen LogP contribution in [0.25, 0.3) is 0 Å². The van der Waals surface area contributed by atoms with Crippen molar-refractivity contribution in [3.63, 3.8) is 0 Å². The number of nitrogens with zero attached hydrogens (tertiary/aromatic N) is 1. The van der Waals surface area contributed by atoms with Crippen LogP contribution in [-0.4, -0.2) is 31.6 Å². The maximum atomic E-state index is 13.2. The quantitative estimate of drug-likeness (QED) is 0.755. The van der Waals surface area contributed by atoms with E-state index in [9.17, 15) is 9.18 Å². The number of aryl methyl sites for hydroxylation is 1. The van der Waals surface area contributed by atoms with Gasteiger partial charge >= 0.3 is 5.97 Å². The van der Waals surface area contributed by atoms with Crippen LogP contribution in [0.1, 0.15) is 18.1 Å². The van der Waals surface area contributed by atoms with Crippen molar-refractivity contribution < 1.29 is 13.9 Å². The average Bonchev–Trinajstić information content (AvgIpc) is 2.32. The Morgan fingerprint density at radius 1 is 1.50 bits per heavy atom. The van der Waals surface area contributed by atoms with Crippen LogP contribution >= 0.6 is 0 Å². The van der Waals surface area contributed by atoms with Gasteiger partial charge in [0.1, 0.15) is 5.82 Å². The molecule has 100 valence electrons. The van der Waals surface area contributed by atoms with Gasteiger partial charge in [-0.05, 0) is 37.2 Å². The van der Waals surface area contributed by atoms with Crippen molar-refractivity contribution in [2.45, 2.75) is 20.4 Å². The number of benzene rings is 1. The largest absolute Gasteiger partial charge is 0.469 e. The molecule has 4 heteroatoms. The van der Waals surface area contributed by atoms with Crippen molar-refractivity contribution in [3.8, 4) is 0 Å². The molecule has 0 saturated heterocycles. The predicted molar refractivity (Wildman–Crippen MR) is 68.7 cm³/mol. The molecule has 0 bridgehead atoms. The van der Waals surface area contributed by atoms with E-state index < -0.39 is 0 Å². The molecule has 0 N–H and O–H groups in total. The van der Waals surface area contributed by atoms with Crippen LogP contribution in [-0.2, 0) is 16.1 Å². The van der Waals surface area contributed by atoms with Crippen LogP contribution in [0.5, 0.6) is 0 Å². The van der Waals surface area contributed by atoms with Crippen LogP contribution in [0.3, 0.4) is 0 Å². The molecule has 0 aliphatic rings. The fourth-order valence-corrected chi connectivity index (χ4v) is 1.91. The van der Waals surface area contributed by atoms with Gasteiger partial charge in [0.25, 0.3) is 0 Å². The molecule has 0 aliphatic carbocycles. The number of carbonyl (C=O) groups is 1. The van der Waals surface area contributed by atoms with Crippen LogP contribution in [0.4, 0.5) is 4.39 Å². The SMILES string of the molecule is COC(=O)C(C)CN(C)Cc1cc(F)ccc1C. The zero-order valence-corrected chi connectivity index (χ0v) is 11.4. The predicted octanol–water partition coefficient (Wildman–Crippen LogP) is 2.38. The van der Waals surface area contributed by atoms with E-state index in [4.69, 9.17) is 0 Å². The van der Waals surface area contributed by atoms with Gasteiger partial charge in [-0.25, -0.2) is 4.39 Å². The van der Waals surface area contributed by atoms with Gasteiger partial charge in [0.2, 0.25) is 0 Å². The van der Waals surface area contributed by atoms with Crippen LogP contribution in [0.15, 0.2) is 18.2 Å². The Labute approximate surface area is 108 Å². The average molecular weight is 253 g/mol. The summed E-state index contributed by atoms with van der Waals surface area (Å²) in [5.41, 5.74) is 1.99. The van der Waals surface area contributed by atoms with Crippen molar-refractivity contribution in [1.82, 2.24) is 4.90 Å². The summed E-state index contributed by atoms with van der Waals surface area (Å²) in [6.07, 6.45) is 0. The summed E-state index contributed by atoms with van der Waals surface area (Å²) >= 11 is 0. The molecule has 1 atom stereocenters. The molecule has 1 rings (SSSR count). The van der Waals surface area contributed by atoms with Gasteiger partial charge in [-0.2, -0.15) is 0 Å². The van der Waals surface area contributed by atoms with Gasteiger partial charge in [-0.15, -0.1) is 0 Å². The Morgan fingerprint density at radius 3 is 2.78 bits per heavy atom. The molecule has 0 amide bonds. The molecule has 0 heterocycles. The Bertz CT molecular complexity index is 420. The third-order valence-electron chi connectivity index (χ3n) is 2.94. The Balaban J connectivity index is 2.61. The second kappa shape index (κ2) is 6.50. The third-order valence-corrected chi connectivity index (χ3v) is 2.94. The number of ether oxygens (including phenoxy) is 1. The summed E-state index contributed by atoms with van der Waals surface area (Å²) in [6, 6.07) is 4.76. The zero-order chi connectivity index (χ0) is 13.7. The number of hydrogen-bond acceptors (Lipinski definition) is 3. The summed E-state index contributed by atoms with van der Waals surface area (Å²) in [4.78, 5) is 13.3. The van der Waals surface area contributed by atoms with E-state index in [2.05, 4.69) is 4.74 Å². The van der Waals surface area contributed by atoms with E-state index >= 15 is 0 Å². The standard InChI is InChI=1S/C14H20FNO2/c1-10-5-6-13(15)7-12(10)9-16(3)8-11(2)14(17)18-4/h5-7,11H,8-9H2,1-4H3. The monoisotopic (exact) mass is 253 g/mol. The first-order valence-electron chi connectivity index (χ1n) is 5.95. The van der Waals surface area contributed by atoms with Gasteiger partial charge in [-0.1, -0.05) is 13.0 Å². The molecule has 0 spiro atoms. The lowest BCUT2D eigenvalue weighted by molar-refractivity contribution is -0.145. The molecule has 0 fully saturated rings. The van der Waals surface area contributed by atoms with E-state index in [1.807, 2.05) is 25.8 Å². The summed E-state index contributed by atoms with van der Waals surface area (Å²) in [7, 11) is 3.29. The summed E-state index contributed by atoms with van der Waals surface area (Å²) in [5.74, 6) is -0.642. The molecular formula is C14H20FNO2. The Kier molecular flexibility index (Phi) is 5.28. The maximum Gasteiger partial charge on any atom is 0.309 e. The number of halogens is 1. The highest BCUT2D eigenvalue weighted by atomic mass is 19.1. The second-order valence-electron chi connectivity index (χ2n) is 4.69. The highest BCUT2D eigenvalue weighted by Gasteiger charge is 2.15. The van der Waals surface area contributed by atoms with Crippen molar-refractivity contribution in [1.29, 1.82) is 0 Å². The molecule has 1 unspecified atom stereocenters. The molecule has 0 radical (unpaired) electrons. The van der Waals surface area contributed by atoms with Gasteiger partial charge in [0, 0.05) is 13.1 Å². The molecule has 0 aliphatic heterocycles. The van der Waals surface area contributed by atoms with E-state index in [1.165, 1.54) is 19.2 Å². The fraction of sp³-hybridized carbons (Fsp3) is 0.500. The zero-order valence-electron chi connectivity index (χ0n) is 11.4. The molecule has 1 aromatic carbocycles. The second-order valence-corrected chi connectivity index (χ2v) is 4.69. The van der Waals surface area contributed by atoms with Crippen molar-refractivity contribution in [2.24, 2.45) is 5.92 Å². The maximum absolute atomic E-state index is 13.2. The first-order chi connectivity index (χ1) is 8.43. The molecule has 0 saturated carbocycles. The van der Waals surface area contributed by atoms with Crippen LogP contribution in [0.2, 0.25) is 0 Å². The lowest BCUT2D eigenvalue weighted by atomic mass is 10.1. The molecule has 0 aromatic heterocycles. The van der Waals surface area contributed by atoms with Crippen LogP contribution in [0, 0.1) is 18.7 Å². The van der Waals surface area contributed by atoms with E-state index in [0.717, 1.165) is 11.1 Å². The van der Waals surface area contributed by atoms with Gasteiger partial charge in [0.05, 0.1) is 13.0 Å². The highest BCUT2D eigenvalue weighted by molar-refractivity contribution is 5.72. The van der Waals surface area contributed by atoms with Gasteiger partial charge in [-0.3, -0.25) is 4.79 Å².